The van der Waals surface area contributed by atoms with Gasteiger partial charge in [-0.05, 0) is 31.2 Å². The lowest BCUT2D eigenvalue weighted by Crippen LogP contribution is -2.15. The van der Waals surface area contributed by atoms with Crippen molar-refractivity contribution in [2.24, 2.45) is 0 Å². The van der Waals surface area contributed by atoms with Crippen molar-refractivity contribution >= 4 is 16.6 Å². The molecule has 0 bridgehead atoms. The van der Waals surface area contributed by atoms with Gasteiger partial charge in [0.25, 0.3) is 0 Å². The molecule has 0 saturated carbocycles. The molecule has 0 aliphatic heterocycles. The third-order valence-corrected chi connectivity index (χ3v) is 5.09. The predicted molar refractivity (Wildman–Crippen MR) is 114 cm³/mol. The number of benzene rings is 3. The maximum absolute atomic E-state index is 5.69. The lowest BCUT2D eigenvalue weighted by molar-refractivity contribution is 0.408. The summed E-state index contributed by atoms with van der Waals surface area (Å²) in [6, 6.07) is 24.4. The van der Waals surface area contributed by atoms with Gasteiger partial charge in [-0.1, -0.05) is 48.5 Å². The number of methoxy groups -OCH3 is 2. The van der Waals surface area contributed by atoms with Crippen LogP contribution in [0.1, 0.15) is 22.9 Å². The van der Waals surface area contributed by atoms with Crippen molar-refractivity contribution in [1.82, 2.24) is 4.98 Å². The minimum absolute atomic E-state index is 0.108. The molecule has 0 amide bonds. The molecule has 1 heterocycles. The number of aryl methyl sites for hydroxylation is 1. The first kappa shape index (κ1) is 18.0. The van der Waals surface area contributed by atoms with Crippen molar-refractivity contribution < 1.29 is 9.47 Å². The van der Waals surface area contributed by atoms with Gasteiger partial charge >= 0.3 is 0 Å². The zero-order valence-corrected chi connectivity index (χ0v) is 16.3. The van der Waals surface area contributed by atoms with Crippen LogP contribution >= 0.6 is 0 Å². The van der Waals surface area contributed by atoms with E-state index in [4.69, 9.17) is 9.47 Å². The summed E-state index contributed by atoms with van der Waals surface area (Å²) < 4.78 is 11.3. The van der Waals surface area contributed by atoms with Crippen LogP contribution in [-0.2, 0) is 0 Å². The van der Waals surface area contributed by atoms with E-state index in [2.05, 4.69) is 41.5 Å². The van der Waals surface area contributed by atoms with Gasteiger partial charge in [-0.3, -0.25) is 0 Å². The second-order valence-corrected chi connectivity index (χ2v) is 6.73. The average Bonchev–Trinajstić information content (AvgIpc) is 3.08. The van der Waals surface area contributed by atoms with Crippen LogP contribution in [0.4, 0.5) is 5.69 Å². The number of H-pyrrole nitrogens is 1. The van der Waals surface area contributed by atoms with Gasteiger partial charge in [0, 0.05) is 27.7 Å². The van der Waals surface area contributed by atoms with Crippen LogP contribution in [-0.4, -0.2) is 19.2 Å². The van der Waals surface area contributed by atoms with Crippen LogP contribution in [0.25, 0.3) is 10.9 Å². The van der Waals surface area contributed by atoms with Crippen molar-refractivity contribution in [2.45, 2.75) is 13.0 Å². The van der Waals surface area contributed by atoms with E-state index in [-0.39, 0.29) is 6.04 Å². The predicted octanol–water partition coefficient (Wildman–Crippen LogP) is 5.70. The Morgan fingerprint density at radius 2 is 1.43 bits per heavy atom. The summed E-state index contributed by atoms with van der Waals surface area (Å²) in [5, 5.41) is 4.89. The maximum atomic E-state index is 5.69. The van der Waals surface area contributed by atoms with Crippen LogP contribution in [0.15, 0.2) is 72.8 Å². The summed E-state index contributed by atoms with van der Waals surface area (Å²) in [5.74, 6) is 1.65. The van der Waals surface area contributed by atoms with Crippen LogP contribution in [0.2, 0.25) is 0 Å². The highest BCUT2D eigenvalue weighted by molar-refractivity contribution is 5.86. The first-order chi connectivity index (χ1) is 13.7. The van der Waals surface area contributed by atoms with E-state index in [1.54, 1.807) is 14.2 Å². The average molecular weight is 372 g/mol. The van der Waals surface area contributed by atoms with E-state index in [1.807, 2.05) is 48.5 Å². The second kappa shape index (κ2) is 7.69. The SMILES string of the molecule is COc1ccccc1NC(c1ccccc1OC)c1c(C)[nH]c2ccccc12. The molecule has 0 radical (unpaired) electrons. The second-order valence-electron chi connectivity index (χ2n) is 6.73. The molecule has 4 aromatic rings. The third kappa shape index (κ3) is 3.18. The molecule has 28 heavy (non-hydrogen) atoms. The Kier molecular flexibility index (Phi) is 4.94. The van der Waals surface area contributed by atoms with Crippen molar-refractivity contribution in [3.63, 3.8) is 0 Å². The van der Waals surface area contributed by atoms with E-state index in [0.717, 1.165) is 34.0 Å². The first-order valence-corrected chi connectivity index (χ1v) is 9.32. The number of rotatable bonds is 6. The minimum atomic E-state index is -0.108. The third-order valence-electron chi connectivity index (χ3n) is 5.09. The van der Waals surface area contributed by atoms with E-state index in [0.29, 0.717) is 0 Å². The van der Waals surface area contributed by atoms with Gasteiger partial charge < -0.3 is 19.8 Å². The number of anilines is 1. The normalized spacial score (nSPS) is 12.0. The maximum Gasteiger partial charge on any atom is 0.141 e. The van der Waals surface area contributed by atoms with Crippen LogP contribution in [0.3, 0.4) is 0 Å². The lowest BCUT2D eigenvalue weighted by atomic mass is 9.94. The Morgan fingerprint density at radius 3 is 2.21 bits per heavy atom. The van der Waals surface area contributed by atoms with Crippen molar-refractivity contribution in [3.05, 3.63) is 89.6 Å². The molecular weight excluding hydrogens is 348 g/mol. The molecule has 4 nitrogen and oxygen atoms in total. The van der Waals surface area contributed by atoms with Gasteiger partial charge in [-0.2, -0.15) is 0 Å². The molecule has 3 aromatic carbocycles. The summed E-state index contributed by atoms with van der Waals surface area (Å²) in [5.41, 5.74) is 5.46. The van der Waals surface area contributed by atoms with Gasteiger partial charge in [0.15, 0.2) is 0 Å². The molecule has 1 atom stereocenters. The van der Waals surface area contributed by atoms with E-state index in [9.17, 15) is 0 Å². The number of ether oxygens (including phenoxy) is 2. The highest BCUT2D eigenvalue weighted by Crippen LogP contribution is 2.39. The number of aromatic amines is 1. The molecule has 2 N–H and O–H groups in total. The Morgan fingerprint density at radius 1 is 0.786 bits per heavy atom. The number of hydrogen-bond donors (Lipinski definition) is 2. The van der Waals surface area contributed by atoms with Crippen LogP contribution < -0.4 is 14.8 Å². The van der Waals surface area contributed by atoms with Gasteiger partial charge in [0.2, 0.25) is 0 Å². The smallest absolute Gasteiger partial charge is 0.141 e. The molecule has 0 spiro atoms. The largest absolute Gasteiger partial charge is 0.496 e. The highest BCUT2D eigenvalue weighted by Gasteiger charge is 2.24. The van der Waals surface area contributed by atoms with Crippen molar-refractivity contribution in [2.75, 3.05) is 19.5 Å². The molecule has 0 aliphatic rings. The molecule has 1 aromatic heterocycles. The number of fused-ring (bicyclic) bond motifs is 1. The fourth-order valence-electron chi connectivity index (χ4n) is 3.80. The molecule has 4 rings (SSSR count). The quantitative estimate of drug-likeness (QED) is 0.457. The molecule has 0 fully saturated rings. The number of hydrogen-bond acceptors (Lipinski definition) is 3. The number of aromatic nitrogens is 1. The molecule has 4 heteroatoms. The molecule has 1 unspecified atom stereocenters. The summed E-state index contributed by atoms with van der Waals surface area (Å²) in [4.78, 5) is 3.52. The summed E-state index contributed by atoms with van der Waals surface area (Å²) in [6.07, 6.45) is 0. The molecule has 142 valence electrons. The van der Waals surface area contributed by atoms with Gasteiger partial charge in [0.05, 0.1) is 25.9 Å². The number of nitrogens with one attached hydrogen (secondary N) is 2. The Bertz CT molecular complexity index is 1100. The summed E-state index contributed by atoms with van der Waals surface area (Å²) in [6.45, 7) is 2.11. The van der Waals surface area contributed by atoms with Crippen molar-refractivity contribution in [1.29, 1.82) is 0 Å². The zero-order valence-electron chi connectivity index (χ0n) is 16.3. The molecule has 0 aliphatic carbocycles. The topological polar surface area (TPSA) is 46.3 Å². The fourth-order valence-corrected chi connectivity index (χ4v) is 3.80. The molecular formula is C24H24N2O2. The Labute approximate surface area is 165 Å². The highest BCUT2D eigenvalue weighted by atomic mass is 16.5. The summed E-state index contributed by atoms with van der Waals surface area (Å²) in [7, 11) is 3.40. The Balaban J connectivity index is 1.92. The molecule has 0 saturated heterocycles. The Hall–Kier alpha value is -3.40. The first-order valence-electron chi connectivity index (χ1n) is 9.32. The number of para-hydroxylation sites is 4. The van der Waals surface area contributed by atoms with E-state index >= 15 is 0 Å². The lowest BCUT2D eigenvalue weighted by Gasteiger charge is -2.24. The van der Waals surface area contributed by atoms with Crippen molar-refractivity contribution in [3.8, 4) is 11.5 Å². The van der Waals surface area contributed by atoms with Crippen LogP contribution in [0.5, 0.6) is 11.5 Å². The van der Waals surface area contributed by atoms with E-state index in [1.165, 1.54) is 10.9 Å². The van der Waals surface area contributed by atoms with Gasteiger partial charge in [-0.25, -0.2) is 0 Å². The van der Waals surface area contributed by atoms with Gasteiger partial charge in [0.1, 0.15) is 11.5 Å². The standard InChI is InChI=1S/C24H24N2O2/c1-16-23(17-10-4-6-12-19(17)25-16)24(18-11-5-8-14-21(18)27-2)26-20-13-7-9-15-22(20)28-3/h4-15,24-26H,1-3H3. The fraction of sp³-hybridized carbons (Fsp3) is 0.167. The monoisotopic (exact) mass is 372 g/mol. The minimum Gasteiger partial charge on any atom is -0.496 e. The van der Waals surface area contributed by atoms with E-state index < -0.39 is 0 Å². The summed E-state index contributed by atoms with van der Waals surface area (Å²) >= 11 is 0. The zero-order chi connectivity index (χ0) is 19.5. The van der Waals surface area contributed by atoms with Gasteiger partial charge in [-0.15, -0.1) is 0 Å². The van der Waals surface area contributed by atoms with Crippen LogP contribution in [0, 0.1) is 6.92 Å².